The fourth-order valence-electron chi connectivity index (χ4n) is 1.05. The van der Waals surface area contributed by atoms with Gasteiger partial charge >= 0.3 is 0 Å². The topological polar surface area (TPSA) is 84.6 Å². The van der Waals surface area contributed by atoms with E-state index in [4.69, 9.17) is 10.5 Å². The van der Waals surface area contributed by atoms with Gasteiger partial charge in [-0.3, -0.25) is 4.79 Å². The Morgan fingerprint density at radius 1 is 1.56 bits per heavy atom. The van der Waals surface area contributed by atoms with Crippen LogP contribution in [0.1, 0.15) is 0 Å². The molecule has 0 aliphatic carbocycles. The molecule has 88 valence electrons. The molecular weight excluding hydrogens is 276 g/mol. The maximum atomic E-state index is 11.3. The first-order chi connectivity index (χ1) is 7.65. The Morgan fingerprint density at radius 3 is 3.00 bits per heavy atom. The summed E-state index contributed by atoms with van der Waals surface area (Å²) in [4.78, 5) is 11.3. The first-order valence-corrected chi connectivity index (χ1v) is 5.49. The van der Waals surface area contributed by atoms with Crippen molar-refractivity contribution in [2.45, 2.75) is 0 Å². The van der Waals surface area contributed by atoms with Gasteiger partial charge in [-0.05, 0) is 28.1 Å². The van der Waals surface area contributed by atoms with Crippen molar-refractivity contribution in [2.75, 3.05) is 25.1 Å². The second-order valence-corrected chi connectivity index (χ2v) is 3.88. The number of benzene rings is 1. The van der Waals surface area contributed by atoms with Crippen molar-refractivity contribution in [3.8, 4) is 5.75 Å². The monoisotopic (exact) mass is 288 g/mol. The van der Waals surface area contributed by atoms with E-state index in [1.54, 1.807) is 18.2 Å². The number of phenols is 1. The average Bonchev–Trinajstić information content (AvgIpc) is 2.25. The van der Waals surface area contributed by atoms with Gasteiger partial charge in [0.25, 0.3) is 0 Å². The summed E-state index contributed by atoms with van der Waals surface area (Å²) in [5.41, 5.74) is 5.55. The second-order valence-electron chi connectivity index (χ2n) is 3.03. The van der Waals surface area contributed by atoms with E-state index in [-0.39, 0.29) is 18.3 Å². The van der Waals surface area contributed by atoms with Gasteiger partial charge < -0.3 is 20.9 Å². The molecule has 1 aromatic rings. The number of amides is 1. The van der Waals surface area contributed by atoms with Gasteiger partial charge in [-0.1, -0.05) is 6.07 Å². The molecule has 0 aliphatic heterocycles. The molecule has 0 heterocycles. The minimum absolute atomic E-state index is 0.00493. The van der Waals surface area contributed by atoms with Crippen molar-refractivity contribution in [1.82, 2.24) is 0 Å². The molecule has 6 heteroatoms. The van der Waals surface area contributed by atoms with Crippen LogP contribution in [0.3, 0.4) is 0 Å². The van der Waals surface area contributed by atoms with Gasteiger partial charge in [0.2, 0.25) is 5.91 Å². The molecule has 0 radical (unpaired) electrons. The van der Waals surface area contributed by atoms with E-state index in [9.17, 15) is 9.90 Å². The zero-order valence-corrected chi connectivity index (χ0v) is 10.2. The number of halogens is 1. The Hall–Kier alpha value is -1.11. The highest BCUT2D eigenvalue weighted by atomic mass is 79.9. The predicted octanol–water partition coefficient (Wildman–Crippen LogP) is 1.07. The Morgan fingerprint density at radius 2 is 2.31 bits per heavy atom. The summed E-state index contributed by atoms with van der Waals surface area (Å²) in [6.07, 6.45) is 0. The van der Waals surface area contributed by atoms with E-state index in [0.717, 1.165) is 0 Å². The van der Waals surface area contributed by atoms with Gasteiger partial charge in [0.1, 0.15) is 6.61 Å². The van der Waals surface area contributed by atoms with E-state index >= 15 is 0 Å². The number of hydrogen-bond acceptors (Lipinski definition) is 4. The van der Waals surface area contributed by atoms with Crippen LogP contribution in [0.25, 0.3) is 0 Å². The number of anilines is 1. The van der Waals surface area contributed by atoms with Crippen molar-refractivity contribution in [3.05, 3.63) is 22.7 Å². The van der Waals surface area contributed by atoms with E-state index in [1.165, 1.54) is 0 Å². The summed E-state index contributed by atoms with van der Waals surface area (Å²) in [7, 11) is 0. The van der Waals surface area contributed by atoms with Gasteiger partial charge in [0.05, 0.1) is 16.8 Å². The van der Waals surface area contributed by atoms with E-state index in [0.29, 0.717) is 23.3 Å². The molecular formula is C10H13BrN2O3. The SMILES string of the molecule is NCCOCC(=O)Nc1cccc(Br)c1O. The highest BCUT2D eigenvalue weighted by Crippen LogP contribution is 2.31. The van der Waals surface area contributed by atoms with Crippen LogP contribution in [-0.4, -0.2) is 30.8 Å². The van der Waals surface area contributed by atoms with Gasteiger partial charge in [-0.15, -0.1) is 0 Å². The molecule has 0 spiro atoms. The lowest BCUT2D eigenvalue weighted by molar-refractivity contribution is -0.120. The molecule has 1 amide bonds. The number of phenolic OH excluding ortho intramolecular Hbond substituents is 1. The van der Waals surface area contributed by atoms with E-state index in [2.05, 4.69) is 21.2 Å². The van der Waals surface area contributed by atoms with Crippen molar-refractivity contribution >= 4 is 27.5 Å². The number of nitrogens with two attached hydrogens (primary N) is 1. The smallest absolute Gasteiger partial charge is 0.250 e. The van der Waals surface area contributed by atoms with Crippen LogP contribution in [0.5, 0.6) is 5.75 Å². The third kappa shape index (κ3) is 3.80. The van der Waals surface area contributed by atoms with Gasteiger partial charge in [-0.2, -0.15) is 0 Å². The van der Waals surface area contributed by atoms with Crippen molar-refractivity contribution in [2.24, 2.45) is 5.73 Å². The van der Waals surface area contributed by atoms with Gasteiger partial charge in [0, 0.05) is 6.54 Å². The molecule has 0 aromatic heterocycles. The molecule has 0 unspecified atom stereocenters. The third-order valence-corrected chi connectivity index (χ3v) is 2.40. The highest BCUT2D eigenvalue weighted by Gasteiger charge is 2.08. The van der Waals surface area contributed by atoms with Crippen LogP contribution in [0.4, 0.5) is 5.69 Å². The molecule has 0 atom stereocenters. The number of ether oxygens (including phenoxy) is 1. The van der Waals surface area contributed by atoms with E-state index < -0.39 is 0 Å². The number of nitrogens with one attached hydrogen (secondary N) is 1. The molecule has 1 aromatic carbocycles. The van der Waals surface area contributed by atoms with Crippen LogP contribution < -0.4 is 11.1 Å². The Labute approximate surface area is 102 Å². The fourth-order valence-corrected chi connectivity index (χ4v) is 1.42. The number of para-hydroxylation sites is 1. The van der Waals surface area contributed by atoms with Gasteiger partial charge in [-0.25, -0.2) is 0 Å². The predicted molar refractivity (Wildman–Crippen MR) is 64.3 cm³/mol. The second kappa shape index (κ2) is 6.47. The third-order valence-electron chi connectivity index (χ3n) is 1.76. The lowest BCUT2D eigenvalue weighted by Gasteiger charge is -2.08. The molecule has 1 rings (SSSR count). The standard InChI is InChI=1S/C10H13BrN2O3/c11-7-2-1-3-8(10(7)15)13-9(14)6-16-5-4-12/h1-3,15H,4-6,12H2,(H,13,14). The quantitative estimate of drug-likeness (QED) is 0.559. The molecule has 16 heavy (non-hydrogen) atoms. The summed E-state index contributed by atoms with van der Waals surface area (Å²) in [6, 6.07) is 4.98. The van der Waals surface area contributed by atoms with Crippen molar-refractivity contribution in [1.29, 1.82) is 0 Å². The molecule has 4 N–H and O–H groups in total. The van der Waals surface area contributed by atoms with Crippen LogP contribution in [0.15, 0.2) is 22.7 Å². The number of carbonyl (C=O) groups excluding carboxylic acids is 1. The first kappa shape index (κ1) is 13.0. The van der Waals surface area contributed by atoms with Crippen molar-refractivity contribution < 1.29 is 14.6 Å². The number of rotatable bonds is 5. The highest BCUT2D eigenvalue weighted by molar-refractivity contribution is 9.10. The summed E-state index contributed by atoms with van der Waals surface area (Å²) in [5.74, 6) is -0.337. The first-order valence-electron chi connectivity index (χ1n) is 4.70. The van der Waals surface area contributed by atoms with Gasteiger partial charge in [0.15, 0.2) is 5.75 Å². The Balaban J connectivity index is 2.53. The zero-order chi connectivity index (χ0) is 12.0. The Bertz CT molecular complexity index is 371. The van der Waals surface area contributed by atoms with Crippen LogP contribution in [0.2, 0.25) is 0 Å². The maximum absolute atomic E-state index is 11.3. The number of carbonyl (C=O) groups is 1. The molecule has 0 fully saturated rings. The minimum Gasteiger partial charge on any atom is -0.505 e. The fraction of sp³-hybridized carbons (Fsp3) is 0.300. The van der Waals surface area contributed by atoms with Crippen LogP contribution in [0, 0.1) is 0 Å². The summed E-state index contributed by atoms with van der Waals surface area (Å²) in [6.45, 7) is 0.621. The number of aromatic hydroxyl groups is 1. The van der Waals surface area contributed by atoms with Crippen molar-refractivity contribution in [3.63, 3.8) is 0 Å². The largest absolute Gasteiger partial charge is 0.505 e. The zero-order valence-electron chi connectivity index (χ0n) is 8.57. The molecule has 0 aliphatic rings. The van der Waals surface area contributed by atoms with Crippen LogP contribution >= 0.6 is 15.9 Å². The summed E-state index contributed by atoms with van der Waals surface area (Å²) in [5, 5.41) is 12.1. The summed E-state index contributed by atoms with van der Waals surface area (Å²) >= 11 is 3.15. The average molecular weight is 289 g/mol. The lowest BCUT2D eigenvalue weighted by Crippen LogP contribution is -2.20. The molecule has 0 saturated carbocycles. The number of hydrogen-bond donors (Lipinski definition) is 3. The maximum Gasteiger partial charge on any atom is 0.250 e. The van der Waals surface area contributed by atoms with Crippen LogP contribution in [-0.2, 0) is 9.53 Å². The lowest BCUT2D eigenvalue weighted by atomic mass is 10.3. The molecule has 0 bridgehead atoms. The Kier molecular flexibility index (Phi) is 5.24. The van der Waals surface area contributed by atoms with E-state index in [1.807, 2.05) is 0 Å². The molecule has 0 saturated heterocycles. The minimum atomic E-state index is -0.332. The summed E-state index contributed by atoms with van der Waals surface area (Å²) < 4.78 is 5.48. The normalized spacial score (nSPS) is 10.1. The molecule has 5 nitrogen and oxygen atoms in total.